The number of hydrogen-bond acceptors (Lipinski definition) is 3. The van der Waals surface area contributed by atoms with Gasteiger partial charge in [0.2, 0.25) is 5.91 Å². The Labute approximate surface area is 229 Å². The molecule has 0 heterocycles. The van der Waals surface area contributed by atoms with Crippen LogP contribution in [0.3, 0.4) is 0 Å². The van der Waals surface area contributed by atoms with E-state index in [4.69, 9.17) is 27.9 Å². The quantitative estimate of drug-likeness (QED) is 0.300. The minimum atomic E-state index is -0.736. The molecule has 0 aromatic heterocycles. The van der Waals surface area contributed by atoms with Crippen molar-refractivity contribution in [1.29, 1.82) is 0 Å². The average molecular weight is 542 g/mol. The third-order valence-corrected chi connectivity index (χ3v) is 7.12. The third-order valence-electron chi connectivity index (χ3n) is 6.29. The summed E-state index contributed by atoms with van der Waals surface area (Å²) in [4.78, 5) is 28.8. The van der Waals surface area contributed by atoms with Gasteiger partial charge in [-0.05, 0) is 73.7 Å². The van der Waals surface area contributed by atoms with Gasteiger partial charge in [0, 0.05) is 29.1 Å². The Hall–Kier alpha value is -3.02. The second kappa shape index (κ2) is 13.5. The van der Waals surface area contributed by atoms with Gasteiger partial charge in [-0.1, -0.05) is 72.6 Å². The summed E-state index contributed by atoms with van der Waals surface area (Å²) >= 11 is 12.5. The SMILES string of the molecule is CC[C@H](C)NC(=O)[C@H](Cc1ccccc1)N(Cc1cccc(Cl)c1)C(=O)COc1cc(C)c(Cl)c(C)c1. The maximum absolute atomic E-state index is 13.7. The zero-order valence-electron chi connectivity index (χ0n) is 21.8. The first-order valence-electron chi connectivity index (χ1n) is 12.5. The van der Waals surface area contributed by atoms with Crippen LogP contribution in [0.2, 0.25) is 10.0 Å². The molecular formula is C30H34Cl2N2O3. The highest BCUT2D eigenvalue weighted by Gasteiger charge is 2.31. The Bertz CT molecular complexity index is 1190. The number of amides is 2. The van der Waals surface area contributed by atoms with Gasteiger partial charge in [0.05, 0.1) is 0 Å². The molecule has 3 rings (SSSR count). The van der Waals surface area contributed by atoms with Gasteiger partial charge >= 0.3 is 0 Å². The first-order valence-corrected chi connectivity index (χ1v) is 13.2. The predicted molar refractivity (Wildman–Crippen MR) is 150 cm³/mol. The molecule has 0 saturated carbocycles. The Morgan fingerprint density at radius 1 is 0.946 bits per heavy atom. The molecule has 0 aliphatic carbocycles. The van der Waals surface area contributed by atoms with Crippen molar-refractivity contribution in [2.75, 3.05) is 6.61 Å². The number of aryl methyl sites for hydroxylation is 2. The normalized spacial score (nSPS) is 12.5. The number of nitrogens with one attached hydrogen (secondary N) is 1. The number of benzene rings is 3. The molecule has 0 spiro atoms. The van der Waals surface area contributed by atoms with E-state index in [1.54, 1.807) is 29.2 Å². The van der Waals surface area contributed by atoms with E-state index >= 15 is 0 Å². The zero-order chi connectivity index (χ0) is 26.9. The Balaban J connectivity index is 1.93. The summed E-state index contributed by atoms with van der Waals surface area (Å²) in [5.41, 5.74) is 3.53. The molecule has 196 valence electrons. The smallest absolute Gasteiger partial charge is 0.261 e. The van der Waals surface area contributed by atoms with Crippen LogP contribution >= 0.6 is 23.2 Å². The van der Waals surface area contributed by atoms with Crippen molar-refractivity contribution >= 4 is 35.0 Å². The minimum absolute atomic E-state index is 0.0230. The molecule has 0 fully saturated rings. The lowest BCUT2D eigenvalue weighted by atomic mass is 10.0. The highest BCUT2D eigenvalue weighted by molar-refractivity contribution is 6.32. The number of ether oxygens (including phenoxy) is 1. The first kappa shape index (κ1) is 28.5. The van der Waals surface area contributed by atoms with E-state index in [2.05, 4.69) is 5.32 Å². The van der Waals surface area contributed by atoms with E-state index < -0.39 is 6.04 Å². The van der Waals surface area contributed by atoms with Gasteiger partial charge in [-0.15, -0.1) is 0 Å². The lowest BCUT2D eigenvalue weighted by molar-refractivity contribution is -0.143. The molecule has 2 atom stereocenters. The summed E-state index contributed by atoms with van der Waals surface area (Å²) in [6, 6.07) is 19.9. The molecule has 0 bridgehead atoms. The molecule has 0 saturated heterocycles. The van der Waals surface area contributed by atoms with E-state index in [-0.39, 0.29) is 31.0 Å². The number of carbonyl (C=O) groups is 2. The lowest BCUT2D eigenvalue weighted by Crippen LogP contribution is -2.53. The van der Waals surface area contributed by atoms with Gasteiger partial charge < -0.3 is 15.0 Å². The molecule has 0 unspecified atom stereocenters. The topological polar surface area (TPSA) is 58.6 Å². The summed E-state index contributed by atoms with van der Waals surface area (Å²) in [6.07, 6.45) is 1.15. The number of hydrogen-bond donors (Lipinski definition) is 1. The highest BCUT2D eigenvalue weighted by Crippen LogP contribution is 2.26. The van der Waals surface area contributed by atoms with E-state index in [9.17, 15) is 9.59 Å². The fourth-order valence-corrected chi connectivity index (χ4v) is 4.37. The largest absolute Gasteiger partial charge is 0.484 e. The van der Waals surface area contributed by atoms with Crippen molar-refractivity contribution < 1.29 is 14.3 Å². The number of nitrogens with zero attached hydrogens (tertiary/aromatic N) is 1. The van der Waals surface area contributed by atoms with Crippen molar-refractivity contribution in [3.05, 3.63) is 99.0 Å². The number of rotatable bonds is 11. The molecule has 0 aliphatic heterocycles. The van der Waals surface area contributed by atoms with Crippen LogP contribution in [0.1, 0.15) is 42.5 Å². The van der Waals surface area contributed by atoms with Crippen LogP contribution in [0.15, 0.2) is 66.7 Å². The maximum atomic E-state index is 13.7. The van der Waals surface area contributed by atoms with Crippen LogP contribution in [0.5, 0.6) is 5.75 Å². The second-order valence-electron chi connectivity index (χ2n) is 9.33. The summed E-state index contributed by atoms with van der Waals surface area (Å²) in [7, 11) is 0. The van der Waals surface area contributed by atoms with E-state index in [1.807, 2.05) is 70.2 Å². The van der Waals surface area contributed by atoms with Crippen molar-refractivity contribution in [3.8, 4) is 5.75 Å². The van der Waals surface area contributed by atoms with E-state index in [1.165, 1.54) is 0 Å². The molecule has 3 aromatic rings. The Morgan fingerprint density at radius 2 is 1.59 bits per heavy atom. The van der Waals surface area contributed by atoms with Crippen LogP contribution in [0.25, 0.3) is 0 Å². The molecular weight excluding hydrogens is 507 g/mol. The number of carbonyl (C=O) groups excluding carboxylic acids is 2. The van der Waals surface area contributed by atoms with Crippen LogP contribution in [-0.4, -0.2) is 35.4 Å². The molecule has 7 heteroatoms. The molecule has 0 aliphatic rings. The number of halogens is 2. The zero-order valence-corrected chi connectivity index (χ0v) is 23.3. The first-order chi connectivity index (χ1) is 17.7. The van der Waals surface area contributed by atoms with Crippen LogP contribution in [-0.2, 0) is 22.6 Å². The van der Waals surface area contributed by atoms with Crippen molar-refractivity contribution in [2.45, 2.75) is 59.2 Å². The fourth-order valence-electron chi connectivity index (χ4n) is 4.04. The molecule has 1 N–H and O–H groups in total. The Kier molecular flexibility index (Phi) is 10.4. The molecule has 2 amide bonds. The third kappa shape index (κ3) is 8.24. The lowest BCUT2D eigenvalue weighted by Gasteiger charge is -2.32. The van der Waals surface area contributed by atoms with Gasteiger partial charge in [0.15, 0.2) is 6.61 Å². The summed E-state index contributed by atoms with van der Waals surface area (Å²) < 4.78 is 5.90. The van der Waals surface area contributed by atoms with Crippen molar-refractivity contribution in [3.63, 3.8) is 0 Å². The monoisotopic (exact) mass is 540 g/mol. The van der Waals surface area contributed by atoms with Crippen molar-refractivity contribution in [2.24, 2.45) is 0 Å². The molecule has 5 nitrogen and oxygen atoms in total. The van der Waals surface area contributed by atoms with Crippen LogP contribution < -0.4 is 10.1 Å². The fraction of sp³-hybridized carbons (Fsp3) is 0.333. The van der Waals surface area contributed by atoms with Gasteiger partial charge in [0.1, 0.15) is 11.8 Å². The summed E-state index contributed by atoms with van der Waals surface area (Å²) in [5.74, 6) is 0.0522. The van der Waals surface area contributed by atoms with E-state index in [0.29, 0.717) is 22.2 Å². The standard InChI is InChI=1S/C30H34Cl2N2O3/c1-5-22(4)33-30(36)27(17-23-10-7-6-8-11-23)34(18-24-12-9-13-25(31)16-24)28(35)19-37-26-14-20(2)29(32)21(3)15-26/h6-16,22,27H,5,17-19H2,1-4H3,(H,33,36)/t22-,27-/m0/s1. The van der Waals surface area contributed by atoms with Gasteiger partial charge in [0.25, 0.3) is 5.91 Å². The van der Waals surface area contributed by atoms with Gasteiger partial charge in [-0.3, -0.25) is 9.59 Å². The van der Waals surface area contributed by atoms with Crippen LogP contribution in [0.4, 0.5) is 0 Å². The molecule has 3 aromatic carbocycles. The summed E-state index contributed by atoms with van der Waals surface area (Å²) in [5, 5.41) is 4.30. The molecule has 37 heavy (non-hydrogen) atoms. The Morgan fingerprint density at radius 3 is 2.22 bits per heavy atom. The van der Waals surface area contributed by atoms with Gasteiger partial charge in [-0.25, -0.2) is 0 Å². The minimum Gasteiger partial charge on any atom is -0.484 e. The van der Waals surface area contributed by atoms with E-state index in [0.717, 1.165) is 28.7 Å². The maximum Gasteiger partial charge on any atom is 0.261 e. The highest BCUT2D eigenvalue weighted by atomic mass is 35.5. The summed E-state index contributed by atoms with van der Waals surface area (Å²) in [6.45, 7) is 7.75. The predicted octanol–water partition coefficient (Wildman–Crippen LogP) is 6.54. The molecule has 0 radical (unpaired) electrons. The van der Waals surface area contributed by atoms with Gasteiger partial charge in [-0.2, -0.15) is 0 Å². The second-order valence-corrected chi connectivity index (χ2v) is 10.1. The average Bonchev–Trinajstić information content (AvgIpc) is 2.88. The van der Waals surface area contributed by atoms with Crippen LogP contribution in [0, 0.1) is 13.8 Å². The van der Waals surface area contributed by atoms with Crippen molar-refractivity contribution in [1.82, 2.24) is 10.2 Å².